The van der Waals surface area contributed by atoms with Crippen molar-refractivity contribution in [1.82, 2.24) is 9.97 Å². The van der Waals surface area contributed by atoms with Crippen molar-refractivity contribution in [3.63, 3.8) is 0 Å². The molecule has 0 bridgehead atoms. The van der Waals surface area contributed by atoms with Gasteiger partial charge in [0.05, 0.1) is 5.69 Å². The largest absolute Gasteiger partial charge is 0.224 e. The SMILES string of the molecule is Clc1nc(Cl)c2c(n1)CC(c1cccc3ccccc13)CC2. The van der Waals surface area contributed by atoms with Gasteiger partial charge in [0, 0.05) is 5.56 Å². The Hall–Kier alpha value is -1.64. The second-order valence-corrected chi connectivity index (χ2v) is 6.41. The molecule has 0 saturated carbocycles. The van der Waals surface area contributed by atoms with E-state index in [0.29, 0.717) is 11.1 Å². The van der Waals surface area contributed by atoms with E-state index in [1.165, 1.54) is 16.3 Å². The number of aromatic nitrogens is 2. The quantitative estimate of drug-likeness (QED) is 0.452. The van der Waals surface area contributed by atoms with Crippen molar-refractivity contribution in [2.45, 2.75) is 25.2 Å². The molecule has 0 fully saturated rings. The predicted molar refractivity (Wildman–Crippen MR) is 90.8 cm³/mol. The van der Waals surface area contributed by atoms with Crippen LogP contribution in [0.4, 0.5) is 0 Å². The molecule has 0 radical (unpaired) electrons. The van der Waals surface area contributed by atoms with Crippen molar-refractivity contribution in [2.75, 3.05) is 0 Å². The van der Waals surface area contributed by atoms with Crippen LogP contribution in [0.15, 0.2) is 42.5 Å². The number of halogens is 2. The number of nitrogens with zero attached hydrogens (tertiary/aromatic N) is 2. The zero-order chi connectivity index (χ0) is 15.1. The Morgan fingerprint density at radius 3 is 2.68 bits per heavy atom. The molecule has 1 unspecified atom stereocenters. The smallest absolute Gasteiger partial charge is 0.223 e. The summed E-state index contributed by atoms with van der Waals surface area (Å²) in [7, 11) is 0. The third kappa shape index (κ3) is 2.37. The van der Waals surface area contributed by atoms with Crippen molar-refractivity contribution in [1.29, 1.82) is 0 Å². The summed E-state index contributed by atoms with van der Waals surface area (Å²) >= 11 is 12.2. The molecule has 110 valence electrons. The monoisotopic (exact) mass is 328 g/mol. The van der Waals surface area contributed by atoms with Crippen LogP contribution >= 0.6 is 23.2 Å². The molecule has 2 aromatic carbocycles. The molecule has 1 aliphatic carbocycles. The van der Waals surface area contributed by atoms with E-state index in [9.17, 15) is 0 Å². The van der Waals surface area contributed by atoms with Gasteiger partial charge in [0.15, 0.2) is 0 Å². The molecule has 22 heavy (non-hydrogen) atoms. The van der Waals surface area contributed by atoms with Gasteiger partial charge < -0.3 is 0 Å². The minimum atomic E-state index is 0.238. The van der Waals surface area contributed by atoms with E-state index < -0.39 is 0 Å². The first-order valence-electron chi connectivity index (χ1n) is 7.41. The number of fused-ring (bicyclic) bond motifs is 2. The maximum absolute atomic E-state index is 6.20. The molecular formula is C18H14Cl2N2. The summed E-state index contributed by atoms with van der Waals surface area (Å²) in [6, 6.07) is 15.0. The van der Waals surface area contributed by atoms with Crippen LogP contribution in [-0.4, -0.2) is 9.97 Å². The fourth-order valence-electron chi connectivity index (χ4n) is 3.41. The number of hydrogen-bond donors (Lipinski definition) is 0. The Labute approximate surface area is 139 Å². The average Bonchev–Trinajstić information content (AvgIpc) is 2.53. The van der Waals surface area contributed by atoms with Crippen molar-refractivity contribution in [3.05, 3.63) is 69.7 Å². The second kappa shape index (κ2) is 5.53. The van der Waals surface area contributed by atoms with Crippen LogP contribution in [0.1, 0.15) is 29.2 Å². The minimum Gasteiger partial charge on any atom is -0.223 e. The molecule has 1 atom stereocenters. The fourth-order valence-corrected chi connectivity index (χ4v) is 3.93. The zero-order valence-corrected chi connectivity index (χ0v) is 13.4. The molecule has 0 N–H and O–H groups in total. The lowest BCUT2D eigenvalue weighted by Gasteiger charge is -2.25. The lowest BCUT2D eigenvalue weighted by Crippen LogP contribution is -2.16. The van der Waals surface area contributed by atoms with Crippen molar-refractivity contribution in [2.24, 2.45) is 0 Å². The summed E-state index contributed by atoms with van der Waals surface area (Å²) in [5, 5.41) is 3.35. The summed E-state index contributed by atoms with van der Waals surface area (Å²) in [5.41, 5.74) is 3.44. The molecule has 1 heterocycles. The van der Waals surface area contributed by atoms with Gasteiger partial charge in [0.25, 0.3) is 0 Å². The minimum absolute atomic E-state index is 0.238. The molecule has 4 rings (SSSR count). The van der Waals surface area contributed by atoms with Crippen LogP contribution in [0, 0.1) is 0 Å². The molecule has 1 aliphatic rings. The third-order valence-corrected chi connectivity index (χ3v) is 4.94. The molecular weight excluding hydrogens is 315 g/mol. The maximum atomic E-state index is 6.20. The van der Waals surface area contributed by atoms with Gasteiger partial charge in [-0.2, -0.15) is 0 Å². The first kappa shape index (κ1) is 14.0. The molecule has 4 heteroatoms. The van der Waals surface area contributed by atoms with Gasteiger partial charge in [-0.25, -0.2) is 9.97 Å². The Bertz CT molecular complexity index is 856. The topological polar surface area (TPSA) is 25.8 Å². The Morgan fingerprint density at radius 2 is 1.77 bits per heavy atom. The number of rotatable bonds is 1. The second-order valence-electron chi connectivity index (χ2n) is 5.72. The standard InChI is InChI=1S/C18H14Cl2N2/c19-17-15-9-8-12(10-16(15)21-18(20)22-17)14-7-3-5-11-4-1-2-6-13(11)14/h1-7,12H,8-10H2. The lowest BCUT2D eigenvalue weighted by atomic mass is 9.81. The summed E-state index contributed by atoms with van der Waals surface area (Å²) in [5.74, 6) is 0.445. The van der Waals surface area contributed by atoms with Crippen LogP contribution in [0.25, 0.3) is 10.8 Å². The van der Waals surface area contributed by atoms with E-state index in [2.05, 4.69) is 52.4 Å². The highest BCUT2D eigenvalue weighted by Gasteiger charge is 2.25. The Kier molecular flexibility index (Phi) is 3.51. The molecule has 0 saturated heterocycles. The average molecular weight is 329 g/mol. The van der Waals surface area contributed by atoms with Crippen LogP contribution in [0.2, 0.25) is 10.4 Å². The molecule has 2 nitrogen and oxygen atoms in total. The molecule has 0 aliphatic heterocycles. The lowest BCUT2D eigenvalue weighted by molar-refractivity contribution is 0.573. The number of benzene rings is 2. The van der Waals surface area contributed by atoms with Crippen LogP contribution < -0.4 is 0 Å². The number of hydrogen-bond acceptors (Lipinski definition) is 2. The Balaban J connectivity index is 1.78. The van der Waals surface area contributed by atoms with Gasteiger partial charge in [-0.15, -0.1) is 0 Å². The summed E-state index contributed by atoms with van der Waals surface area (Å²) < 4.78 is 0. The summed E-state index contributed by atoms with van der Waals surface area (Å²) in [4.78, 5) is 8.45. The van der Waals surface area contributed by atoms with Crippen LogP contribution in [-0.2, 0) is 12.8 Å². The zero-order valence-electron chi connectivity index (χ0n) is 11.9. The summed E-state index contributed by atoms with van der Waals surface area (Å²) in [6.07, 6.45) is 2.83. The van der Waals surface area contributed by atoms with Gasteiger partial charge >= 0.3 is 0 Å². The van der Waals surface area contributed by atoms with Crippen molar-refractivity contribution < 1.29 is 0 Å². The van der Waals surface area contributed by atoms with Crippen LogP contribution in [0.5, 0.6) is 0 Å². The highest BCUT2D eigenvalue weighted by molar-refractivity contribution is 6.32. The molecule has 1 aromatic heterocycles. The normalized spacial score (nSPS) is 17.5. The predicted octanol–water partition coefficient (Wildman–Crippen LogP) is 5.21. The first-order chi connectivity index (χ1) is 10.7. The molecule has 0 amide bonds. The van der Waals surface area contributed by atoms with Gasteiger partial charge in [0.2, 0.25) is 5.28 Å². The fraction of sp³-hybridized carbons (Fsp3) is 0.222. The maximum Gasteiger partial charge on any atom is 0.224 e. The van der Waals surface area contributed by atoms with E-state index in [1.54, 1.807) is 0 Å². The van der Waals surface area contributed by atoms with Gasteiger partial charge in [-0.3, -0.25) is 0 Å². The van der Waals surface area contributed by atoms with E-state index in [0.717, 1.165) is 30.5 Å². The van der Waals surface area contributed by atoms with E-state index >= 15 is 0 Å². The van der Waals surface area contributed by atoms with E-state index in [1.807, 2.05) is 0 Å². The third-order valence-electron chi connectivity index (χ3n) is 4.46. The van der Waals surface area contributed by atoms with Crippen molar-refractivity contribution in [3.8, 4) is 0 Å². The van der Waals surface area contributed by atoms with Gasteiger partial charge in [-0.1, -0.05) is 54.1 Å². The van der Waals surface area contributed by atoms with Crippen molar-refractivity contribution >= 4 is 34.0 Å². The van der Waals surface area contributed by atoms with Gasteiger partial charge in [-0.05, 0) is 53.1 Å². The summed E-state index contributed by atoms with van der Waals surface area (Å²) in [6.45, 7) is 0. The van der Waals surface area contributed by atoms with Gasteiger partial charge in [0.1, 0.15) is 5.15 Å². The Morgan fingerprint density at radius 1 is 0.955 bits per heavy atom. The molecule has 0 spiro atoms. The first-order valence-corrected chi connectivity index (χ1v) is 8.16. The highest BCUT2D eigenvalue weighted by atomic mass is 35.5. The van der Waals surface area contributed by atoms with E-state index in [-0.39, 0.29) is 5.28 Å². The highest BCUT2D eigenvalue weighted by Crippen LogP contribution is 2.37. The van der Waals surface area contributed by atoms with Crippen LogP contribution in [0.3, 0.4) is 0 Å². The van der Waals surface area contributed by atoms with E-state index in [4.69, 9.17) is 23.2 Å². The molecule has 3 aromatic rings.